The maximum Gasteiger partial charge on any atom is 0.235 e. The van der Waals surface area contributed by atoms with Crippen molar-refractivity contribution in [2.24, 2.45) is 11.8 Å². The maximum atomic E-state index is 12.9. The van der Waals surface area contributed by atoms with Gasteiger partial charge in [0.1, 0.15) is 165 Å². The lowest BCUT2D eigenvalue weighted by Gasteiger charge is -2.33. The molecule has 0 spiro atoms. The van der Waals surface area contributed by atoms with Crippen molar-refractivity contribution in [3.8, 4) is 115 Å². The fourth-order valence-corrected chi connectivity index (χ4v) is 18.1. The number of hydrogen-bond donors (Lipinski definition) is 9. The number of benzene rings is 10. The van der Waals surface area contributed by atoms with Crippen LogP contribution in [0.5, 0.6) is 115 Å². The molecule has 10 aromatic rings. The Hall–Kier alpha value is -15.6. The number of aromatic hydroxyl groups is 9. The molecule has 2 aliphatic carbocycles. The number of phenolic OH excluding ortho intramolecular Hbond substituents is 9. The number of hydrogen-bond acceptors (Lipinski definition) is 26. The van der Waals surface area contributed by atoms with E-state index in [9.17, 15) is 74.7 Å². The van der Waals surface area contributed by atoms with Gasteiger partial charge in [-0.15, -0.1) is 0 Å². The fraction of sp³-hybridized carbons (Fsp3) is 0.304. The third kappa shape index (κ3) is 21.7. The van der Waals surface area contributed by atoms with Gasteiger partial charge in [-0.3, -0.25) is 28.8 Å². The van der Waals surface area contributed by atoms with Crippen molar-refractivity contribution >= 4 is 59.0 Å². The van der Waals surface area contributed by atoms with E-state index in [-0.39, 0.29) is 182 Å². The number of rotatable bonds is 8. The summed E-state index contributed by atoms with van der Waals surface area (Å²) in [6.07, 6.45) is 27.8. The zero-order valence-corrected chi connectivity index (χ0v) is 81.1. The molecule has 0 aromatic heterocycles. The first kappa shape index (κ1) is 98.4. The summed E-state index contributed by atoms with van der Waals surface area (Å²) < 4.78 is 61.8. The molecule has 26 heteroatoms. The van der Waals surface area contributed by atoms with Crippen LogP contribution in [0.1, 0.15) is 266 Å². The van der Waals surface area contributed by atoms with Gasteiger partial charge in [0.2, 0.25) is 34.7 Å². The second-order valence-electron chi connectivity index (χ2n) is 40.2. The molecular weight excluding hydrogens is 1800 g/mol. The van der Waals surface area contributed by atoms with Gasteiger partial charge in [-0.2, -0.15) is 0 Å². The van der Waals surface area contributed by atoms with Gasteiger partial charge in [-0.25, -0.2) is 0 Å². The average Bonchev–Trinajstić information content (AvgIpc) is 1.66. The van der Waals surface area contributed by atoms with Crippen LogP contribution in [0, 0.1) is 11.8 Å². The first-order chi connectivity index (χ1) is 66.9. The van der Waals surface area contributed by atoms with Crippen molar-refractivity contribution in [1.82, 2.24) is 0 Å². The summed E-state index contributed by atoms with van der Waals surface area (Å²) >= 11 is 0. The zero-order valence-electron chi connectivity index (χ0n) is 81.1. The van der Waals surface area contributed by atoms with E-state index >= 15 is 0 Å². The summed E-state index contributed by atoms with van der Waals surface area (Å²) in [6, 6.07) is 42.9. The van der Waals surface area contributed by atoms with Gasteiger partial charge < -0.3 is 98.1 Å². The normalized spacial score (nSPS) is 19.3. The Kier molecular flexibility index (Phi) is 27.5. The predicted octanol–water partition coefficient (Wildman–Crippen LogP) is 23.7. The van der Waals surface area contributed by atoms with Crippen molar-refractivity contribution in [2.75, 3.05) is 14.2 Å². The largest absolute Gasteiger partial charge is 0.508 e. The minimum Gasteiger partial charge on any atom is -0.508 e. The molecule has 1 saturated carbocycles. The number of allylic oxidation sites excluding steroid dienone is 10. The Labute approximate surface area is 817 Å². The van der Waals surface area contributed by atoms with Crippen molar-refractivity contribution in [3.05, 3.63) is 294 Å². The first-order valence-corrected chi connectivity index (χ1v) is 47.1. The Morgan fingerprint density at radius 3 is 0.894 bits per heavy atom. The number of methoxy groups -OCH3 is 2. The van der Waals surface area contributed by atoms with Crippen LogP contribution in [0.4, 0.5) is 0 Å². The molecule has 9 aliphatic heterocycles. The minimum absolute atomic E-state index is 0.0144. The Morgan fingerprint density at radius 2 is 0.596 bits per heavy atom. The lowest BCUT2D eigenvalue weighted by Crippen LogP contribution is -2.32. The molecule has 9 heterocycles. The number of ether oxygens (including phenoxy) is 11. The van der Waals surface area contributed by atoms with E-state index in [0.717, 1.165) is 103 Å². The van der Waals surface area contributed by atoms with Crippen molar-refractivity contribution in [1.29, 1.82) is 0 Å². The molecule has 21 rings (SSSR count). The number of fused-ring (bicyclic) bond motifs is 9. The molecule has 26 nitrogen and oxygen atoms in total. The summed E-state index contributed by atoms with van der Waals surface area (Å²) in [6.45, 7) is 25.0. The van der Waals surface area contributed by atoms with E-state index in [2.05, 4.69) is 65.8 Å². The molecule has 1 atom stereocenters. The molecule has 10 aromatic carbocycles. The van der Waals surface area contributed by atoms with Crippen LogP contribution < -0.4 is 52.1 Å². The van der Waals surface area contributed by atoms with Crippen LogP contribution in [-0.4, -0.2) is 112 Å². The van der Waals surface area contributed by atoms with Crippen molar-refractivity contribution in [2.45, 2.75) is 201 Å². The molecule has 0 saturated heterocycles. The van der Waals surface area contributed by atoms with Gasteiger partial charge in [-0.05, 0) is 229 Å². The van der Waals surface area contributed by atoms with E-state index in [1.54, 1.807) is 81.0 Å². The van der Waals surface area contributed by atoms with Crippen LogP contribution in [0.2, 0.25) is 0 Å². The monoisotopic (exact) mass is 1910 g/mol. The second kappa shape index (κ2) is 39.4. The number of ketones is 6. The van der Waals surface area contributed by atoms with Gasteiger partial charge in [0.15, 0.2) is 34.6 Å². The van der Waals surface area contributed by atoms with Crippen LogP contribution >= 0.6 is 0 Å². The molecule has 11 aliphatic rings. The number of phenols is 9. The van der Waals surface area contributed by atoms with E-state index in [1.807, 2.05) is 114 Å². The molecule has 0 amide bonds. The van der Waals surface area contributed by atoms with Gasteiger partial charge in [0.05, 0.1) is 14.2 Å². The lowest BCUT2D eigenvalue weighted by atomic mass is 9.86. The summed E-state index contributed by atoms with van der Waals surface area (Å²) in [5.74, 6) is 3.65. The Balaban J connectivity index is 0.000000122. The van der Waals surface area contributed by atoms with Gasteiger partial charge >= 0.3 is 0 Å². The topological polar surface area (TPSA) is 386 Å². The number of carbonyl (C=O) groups excluding carboxylic acids is 6. The predicted molar refractivity (Wildman–Crippen MR) is 530 cm³/mol. The second-order valence-corrected chi connectivity index (χ2v) is 40.2. The highest BCUT2D eigenvalue weighted by molar-refractivity contribution is 6.20. The molecule has 1 unspecified atom stereocenters. The molecular formula is C115H114O26. The van der Waals surface area contributed by atoms with Crippen molar-refractivity contribution < 1.29 is 127 Å². The summed E-state index contributed by atoms with van der Waals surface area (Å²) in [7, 11) is 3.17. The average molecular weight is 1910 g/mol. The van der Waals surface area contributed by atoms with Crippen LogP contribution in [-0.2, 0) is 30.1 Å². The minimum atomic E-state index is -0.418. The van der Waals surface area contributed by atoms with E-state index in [0.29, 0.717) is 87.9 Å². The highest BCUT2D eigenvalue weighted by Crippen LogP contribution is 2.54. The fourth-order valence-electron chi connectivity index (χ4n) is 18.1. The van der Waals surface area contributed by atoms with Crippen molar-refractivity contribution in [3.63, 3.8) is 0 Å². The Morgan fingerprint density at radius 1 is 0.319 bits per heavy atom. The van der Waals surface area contributed by atoms with Gasteiger partial charge in [0.25, 0.3) is 0 Å². The van der Waals surface area contributed by atoms with E-state index in [1.165, 1.54) is 48.6 Å². The highest BCUT2D eigenvalue weighted by Gasteiger charge is 2.43. The smallest absolute Gasteiger partial charge is 0.235 e. The first-order valence-electron chi connectivity index (χ1n) is 47.1. The third-order valence-electron chi connectivity index (χ3n) is 26.0. The van der Waals surface area contributed by atoms with Gasteiger partial charge in [0, 0.05) is 71.3 Å². The van der Waals surface area contributed by atoms with Crippen LogP contribution in [0.3, 0.4) is 0 Å². The third-order valence-corrected chi connectivity index (χ3v) is 26.0. The lowest BCUT2D eigenvalue weighted by molar-refractivity contribution is 0.0829. The van der Waals surface area contributed by atoms with E-state index < -0.39 is 11.6 Å². The maximum absolute atomic E-state index is 12.9. The molecule has 0 radical (unpaired) electrons. The molecule has 141 heavy (non-hydrogen) atoms. The number of Topliss-reactive ketones (excluding diaryl/α,β-unsaturated/α-hetero) is 6. The highest BCUT2D eigenvalue weighted by atomic mass is 16.5. The number of carbonyl (C=O) groups is 6. The quantitative estimate of drug-likeness (QED) is 0.0504. The molecule has 0 bridgehead atoms. The summed E-state index contributed by atoms with van der Waals surface area (Å²) in [5.41, 5.74) is 8.08. The van der Waals surface area contributed by atoms with Crippen LogP contribution in [0.15, 0.2) is 211 Å². The Bertz CT molecular complexity index is 6910. The van der Waals surface area contributed by atoms with Gasteiger partial charge in [-0.1, -0.05) is 146 Å². The van der Waals surface area contributed by atoms with Crippen LogP contribution in [0.25, 0.3) is 24.3 Å². The SMILES string of the molecule is CC(C)(C)c1ccc(/C=C2\Oc3cc(O)cc(O)c3C2=O)cc1.CC1(C)CCc2c(cc3c(c2O)C(=O)/C(=C/C2CCCCC2)O3)O1.CC1(C)CCc2c(cc3c(c2O)C(=O)/C(=C/c2ccc(C(C)(C)C)cc2)O3)O1.COc1ccc(/C=C2\Oc3cc(O)cc(O)c3C2=O)cc1.COc1ccc(/C=C2\Oc3cc4c(c(O)c3C2=O)CCC(C)(C)O4)cc1.O=C1/C(=C/C2CC=CCC2)Oc2cc(O)cc(O)c21. The zero-order chi connectivity index (χ0) is 101. The summed E-state index contributed by atoms with van der Waals surface area (Å²) in [4.78, 5) is 75.0. The molecule has 9 N–H and O–H groups in total. The van der Waals surface area contributed by atoms with E-state index in [4.69, 9.17) is 52.1 Å². The summed E-state index contributed by atoms with van der Waals surface area (Å²) in [5, 5.41) is 89.5. The standard InChI is InChI=1S/C24H26O4.C21H20O5.C20H24O4.C19H18O4.C16H12O5.C15H14O4/c1-23(2,3)15-8-6-14(7-9-15)12-19-22(26)20-18(27-19)13-17-16(21(20)25)10-11-24(4,5)28-17;1-21(2)9-8-14-15(26-21)11-16-18(19(14)22)20(23)17(25-16)10-12-4-6-13(24-3)7-5-12;1-20(2)9-8-13-14(24-20)11-15-17(18(13)21)19(22)16(23-15)10-12-6-4-3-5-7-12;1-19(2,3)12-6-4-11(5-7-12)8-16-18(22)17-14(21)9-13(20)10-15(17)23-16;1-20-11-4-2-9(3-5-11)6-14-16(19)15-12(18)7-10(17)8-13(15)21-14;16-10-7-11(17)14-12(8-10)19-13(15(14)18)6-9-4-2-1-3-5-9/h6-9,12-13,25H,10-11H2,1-5H3;4-7,10-11,22H,8-9H2,1-3H3;10-12,21H,3-9H2,1-2H3;4-10,20-21H,1-3H3;2-8,17-18H,1H3;1-2,6-9,16-17H,3-5H2/b19-12-;17-10-;16-10-;16-8-;14-6-;13-6-. The molecule has 730 valence electrons. The molecule has 1 fully saturated rings.